The van der Waals surface area contributed by atoms with Crippen LogP contribution in [0.25, 0.3) is 10.9 Å². The van der Waals surface area contributed by atoms with Crippen LogP contribution in [-0.4, -0.2) is 92.1 Å². The summed E-state index contributed by atoms with van der Waals surface area (Å²) in [4.78, 5) is 75.9. The third-order valence-corrected chi connectivity index (χ3v) is 6.88. The molecular formula is C26H35N5O9S. The van der Waals surface area contributed by atoms with E-state index < -0.39 is 72.6 Å². The lowest BCUT2D eigenvalue weighted by atomic mass is 10.0. The molecule has 0 aliphatic heterocycles. The number of carboxylic acids is 3. The number of fused-ring (bicyclic) bond motifs is 1. The summed E-state index contributed by atoms with van der Waals surface area (Å²) < 4.78 is 0. The standard InChI is InChI=1S/C26H35N5O9S/c1-41-11-10-20(26(39)40)31-25(38)19(7-9-22(34)35)30-24(37)18(6-8-21(32)33)29-23(36)16(27)12-14-13-28-17-5-3-2-4-15(14)17/h2-5,13,16,18-20,28H,6-12,27H2,1H3,(H,29,36)(H,30,37)(H,31,38)(H,32,33)(H,34,35)(H,39,40). The summed E-state index contributed by atoms with van der Waals surface area (Å²) in [5, 5.41) is 35.6. The highest BCUT2D eigenvalue weighted by Crippen LogP contribution is 2.19. The number of hydrogen-bond acceptors (Lipinski definition) is 8. The first-order valence-corrected chi connectivity index (χ1v) is 14.2. The van der Waals surface area contributed by atoms with E-state index in [0.29, 0.717) is 5.75 Å². The molecule has 3 amide bonds. The van der Waals surface area contributed by atoms with Gasteiger partial charge in [0.05, 0.1) is 6.04 Å². The predicted octanol–water partition coefficient (Wildman–Crippen LogP) is 0.0594. The lowest BCUT2D eigenvalue weighted by Gasteiger charge is -2.25. The van der Waals surface area contributed by atoms with Gasteiger partial charge in [-0.1, -0.05) is 18.2 Å². The van der Waals surface area contributed by atoms with Crippen molar-refractivity contribution in [3.05, 3.63) is 36.0 Å². The molecule has 0 bridgehead atoms. The molecule has 4 unspecified atom stereocenters. The van der Waals surface area contributed by atoms with Crippen molar-refractivity contribution in [3.8, 4) is 0 Å². The highest BCUT2D eigenvalue weighted by molar-refractivity contribution is 7.98. The summed E-state index contributed by atoms with van der Waals surface area (Å²) in [5.41, 5.74) is 7.70. The number of aromatic nitrogens is 1. The summed E-state index contributed by atoms with van der Waals surface area (Å²) in [6, 6.07) is 2.13. The Kier molecular flexibility index (Phi) is 13.1. The fourth-order valence-electron chi connectivity index (χ4n) is 4.02. The molecule has 1 heterocycles. The van der Waals surface area contributed by atoms with Gasteiger partial charge in [0.2, 0.25) is 17.7 Å². The number of para-hydroxylation sites is 1. The van der Waals surface area contributed by atoms with Crippen molar-refractivity contribution in [3.63, 3.8) is 0 Å². The van der Waals surface area contributed by atoms with Gasteiger partial charge < -0.3 is 42.0 Å². The zero-order valence-electron chi connectivity index (χ0n) is 22.4. The van der Waals surface area contributed by atoms with Crippen LogP contribution in [0.5, 0.6) is 0 Å². The van der Waals surface area contributed by atoms with E-state index in [0.717, 1.165) is 16.5 Å². The van der Waals surface area contributed by atoms with Crippen molar-refractivity contribution < 1.29 is 44.1 Å². The van der Waals surface area contributed by atoms with Gasteiger partial charge in [-0.05, 0) is 49.3 Å². The van der Waals surface area contributed by atoms with Gasteiger partial charge in [0.15, 0.2) is 0 Å². The molecule has 224 valence electrons. The molecular weight excluding hydrogens is 558 g/mol. The van der Waals surface area contributed by atoms with Crippen molar-refractivity contribution >= 4 is 58.3 Å². The van der Waals surface area contributed by atoms with Gasteiger partial charge in [-0.3, -0.25) is 24.0 Å². The van der Waals surface area contributed by atoms with Crippen LogP contribution >= 0.6 is 11.8 Å². The Bertz CT molecular complexity index is 1250. The Morgan fingerprint density at radius 1 is 0.829 bits per heavy atom. The number of benzene rings is 1. The van der Waals surface area contributed by atoms with E-state index in [1.807, 2.05) is 24.3 Å². The number of carbonyl (C=O) groups is 6. The average Bonchev–Trinajstić information content (AvgIpc) is 3.32. The predicted molar refractivity (Wildman–Crippen MR) is 150 cm³/mol. The molecule has 41 heavy (non-hydrogen) atoms. The summed E-state index contributed by atoms with van der Waals surface area (Å²) in [5.74, 6) is -5.98. The number of nitrogens with one attached hydrogen (secondary N) is 4. The van der Waals surface area contributed by atoms with Gasteiger partial charge in [0, 0.05) is 29.9 Å². The van der Waals surface area contributed by atoms with Gasteiger partial charge in [-0.15, -0.1) is 0 Å². The Morgan fingerprint density at radius 3 is 1.90 bits per heavy atom. The first-order valence-electron chi connectivity index (χ1n) is 12.8. The van der Waals surface area contributed by atoms with E-state index in [9.17, 15) is 33.9 Å². The van der Waals surface area contributed by atoms with Gasteiger partial charge in [-0.2, -0.15) is 11.8 Å². The van der Waals surface area contributed by atoms with Crippen LogP contribution in [0, 0.1) is 0 Å². The zero-order chi connectivity index (χ0) is 30.5. The number of carboxylic acid groups (broad SMARTS) is 3. The molecule has 0 aliphatic carbocycles. The van der Waals surface area contributed by atoms with Gasteiger partial charge in [0.1, 0.15) is 18.1 Å². The number of rotatable bonds is 18. The first kappa shape index (κ1) is 33.1. The number of hydrogen-bond donors (Lipinski definition) is 8. The molecule has 4 atom stereocenters. The number of H-pyrrole nitrogens is 1. The quantitative estimate of drug-likeness (QED) is 0.115. The molecule has 15 heteroatoms. The minimum Gasteiger partial charge on any atom is -0.481 e. The summed E-state index contributed by atoms with van der Waals surface area (Å²) in [6.07, 6.45) is 1.93. The van der Waals surface area contributed by atoms with E-state index >= 15 is 0 Å². The minimum absolute atomic E-state index is 0.0907. The van der Waals surface area contributed by atoms with Crippen LogP contribution in [-0.2, 0) is 35.2 Å². The SMILES string of the molecule is CSCCC(NC(=O)C(CCC(=O)O)NC(=O)C(CCC(=O)O)NC(=O)C(N)Cc1c[nH]c2ccccc12)C(=O)O. The number of aliphatic carboxylic acids is 3. The van der Waals surface area contributed by atoms with Crippen LogP contribution in [0.4, 0.5) is 0 Å². The molecule has 0 spiro atoms. The van der Waals surface area contributed by atoms with Crippen molar-refractivity contribution in [2.45, 2.75) is 62.7 Å². The summed E-state index contributed by atoms with van der Waals surface area (Å²) >= 11 is 1.37. The molecule has 1 aromatic heterocycles. The maximum absolute atomic E-state index is 13.1. The van der Waals surface area contributed by atoms with Crippen LogP contribution in [0.3, 0.4) is 0 Å². The molecule has 1 aromatic carbocycles. The van der Waals surface area contributed by atoms with E-state index in [2.05, 4.69) is 20.9 Å². The maximum Gasteiger partial charge on any atom is 0.326 e. The number of thioether (sulfide) groups is 1. The lowest BCUT2D eigenvalue weighted by Crippen LogP contribution is -2.57. The molecule has 0 saturated heterocycles. The number of nitrogens with two attached hydrogens (primary N) is 1. The lowest BCUT2D eigenvalue weighted by molar-refractivity contribution is -0.143. The van der Waals surface area contributed by atoms with Crippen molar-refractivity contribution in [1.82, 2.24) is 20.9 Å². The van der Waals surface area contributed by atoms with Crippen molar-refractivity contribution in [2.24, 2.45) is 5.73 Å². The van der Waals surface area contributed by atoms with Crippen LogP contribution in [0.15, 0.2) is 30.5 Å². The van der Waals surface area contributed by atoms with Crippen LogP contribution < -0.4 is 21.7 Å². The number of carbonyl (C=O) groups excluding carboxylic acids is 3. The molecule has 0 aliphatic rings. The van der Waals surface area contributed by atoms with Gasteiger partial charge >= 0.3 is 17.9 Å². The molecule has 2 aromatic rings. The highest BCUT2D eigenvalue weighted by Gasteiger charge is 2.31. The largest absolute Gasteiger partial charge is 0.481 e. The Labute approximate surface area is 239 Å². The molecule has 0 saturated carbocycles. The number of amides is 3. The monoisotopic (exact) mass is 593 g/mol. The van der Waals surface area contributed by atoms with Crippen LogP contribution in [0.1, 0.15) is 37.7 Å². The first-order chi connectivity index (χ1) is 19.4. The second kappa shape index (κ2) is 16.2. The topological polar surface area (TPSA) is 241 Å². The Hall–Kier alpha value is -4.11. The van der Waals surface area contributed by atoms with Crippen LogP contribution in [0.2, 0.25) is 0 Å². The second-order valence-electron chi connectivity index (χ2n) is 9.34. The highest BCUT2D eigenvalue weighted by atomic mass is 32.2. The molecule has 14 nitrogen and oxygen atoms in total. The minimum atomic E-state index is -1.46. The fraction of sp³-hybridized carbons (Fsp3) is 0.462. The molecule has 9 N–H and O–H groups in total. The Balaban J connectivity index is 2.16. The van der Waals surface area contributed by atoms with Gasteiger partial charge in [0.25, 0.3) is 0 Å². The third kappa shape index (κ3) is 10.8. The van der Waals surface area contributed by atoms with E-state index in [4.69, 9.17) is 15.9 Å². The van der Waals surface area contributed by atoms with E-state index in [1.54, 1.807) is 12.5 Å². The third-order valence-electron chi connectivity index (χ3n) is 6.24. The Morgan fingerprint density at radius 2 is 1.37 bits per heavy atom. The van der Waals surface area contributed by atoms with Crippen molar-refractivity contribution in [2.75, 3.05) is 12.0 Å². The molecule has 0 fully saturated rings. The summed E-state index contributed by atoms with van der Waals surface area (Å²) in [7, 11) is 0. The fourth-order valence-corrected chi connectivity index (χ4v) is 4.49. The normalized spacial score (nSPS) is 13.9. The maximum atomic E-state index is 13.1. The van der Waals surface area contributed by atoms with Gasteiger partial charge in [-0.25, -0.2) is 4.79 Å². The molecule has 0 radical (unpaired) electrons. The van der Waals surface area contributed by atoms with Crippen molar-refractivity contribution in [1.29, 1.82) is 0 Å². The average molecular weight is 594 g/mol. The van der Waals surface area contributed by atoms with E-state index in [1.165, 1.54) is 11.8 Å². The smallest absolute Gasteiger partial charge is 0.326 e. The zero-order valence-corrected chi connectivity index (χ0v) is 23.2. The number of aromatic amines is 1. The van der Waals surface area contributed by atoms with E-state index in [-0.39, 0.29) is 25.7 Å². The second-order valence-corrected chi connectivity index (χ2v) is 10.3. The summed E-state index contributed by atoms with van der Waals surface area (Å²) in [6.45, 7) is 0. The molecule has 2 rings (SSSR count).